The number of Topliss-reactive ketones (excluding diaryl/α,β-unsaturated/α-hetero) is 1. The highest BCUT2D eigenvalue weighted by Crippen LogP contribution is 2.31. The Morgan fingerprint density at radius 2 is 1.72 bits per heavy atom. The smallest absolute Gasteiger partial charge is 0.387 e. The van der Waals surface area contributed by atoms with Gasteiger partial charge in [-0.15, -0.1) is 0 Å². The van der Waals surface area contributed by atoms with Crippen molar-refractivity contribution in [2.75, 3.05) is 0 Å². The molecule has 0 aliphatic carbocycles. The lowest BCUT2D eigenvalue weighted by Gasteiger charge is -2.12. The zero-order valence-electron chi connectivity index (χ0n) is 12.6. The second kappa shape index (κ2) is 8.66. The standard InChI is InChI=1S/C16H12ClF4NO3/c17-14-6-2-9(8-22-14)1-4-11(23)10-3-5-12(24-15(18)19)13(7-10)25-16(20)21/h2-3,5-8,15-16H,1,4H2. The fourth-order valence-electron chi connectivity index (χ4n) is 2.02. The monoisotopic (exact) mass is 377 g/mol. The number of hydrogen-bond donors (Lipinski definition) is 0. The number of carbonyl (C=O) groups is 1. The summed E-state index contributed by atoms with van der Waals surface area (Å²) in [6, 6.07) is 6.42. The molecule has 1 aromatic heterocycles. The molecular formula is C16H12ClF4NO3. The number of aryl methyl sites for hydroxylation is 1. The van der Waals surface area contributed by atoms with E-state index >= 15 is 0 Å². The van der Waals surface area contributed by atoms with Crippen LogP contribution < -0.4 is 9.47 Å². The summed E-state index contributed by atoms with van der Waals surface area (Å²) in [5.74, 6) is -1.58. The van der Waals surface area contributed by atoms with Crippen LogP contribution in [-0.4, -0.2) is 24.0 Å². The van der Waals surface area contributed by atoms with Gasteiger partial charge in [-0.3, -0.25) is 4.79 Å². The Kier molecular flexibility index (Phi) is 6.58. The molecule has 0 atom stereocenters. The van der Waals surface area contributed by atoms with Crippen LogP contribution in [0.15, 0.2) is 36.5 Å². The summed E-state index contributed by atoms with van der Waals surface area (Å²) >= 11 is 5.66. The molecule has 0 spiro atoms. The van der Waals surface area contributed by atoms with Crippen LogP contribution in [0.2, 0.25) is 5.15 Å². The molecule has 1 heterocycles. The van der Waals surface area contributed by atoms with Gasteiger partial charge in [0, 0.05) is 18.2 Å². The number of ketones is 1. The average Bonchev–Trinajstić information content (AvgIpc) is 2.54. The van der Waals surface area contributed by atoms with E-state index in [-0.39, 0.29) is 17.8 Å². The predicted molar refractivity (Wildman–Crippen MR) is 81.6 cm³/mol. The molecule has 0 radical (unpaired) electrons. The third-order valence-corrected chi connectivity index (χ3v) is 3.35. The first-order chi connectivity index (χ1) is 11.8. The molecule has 4 nitrogen and oxygen atoms in total. The number of carbonyl (C=O) groups excluding carboxylic acids is 1. The Morgan fingerprint density at radius 3 is 2.32 bits per heavy atom. The summed E-state index contributed by atoms with van der Waals surface area (Å²) in [5.41, 5.74) is 0.804. The third kappa shape index (κ3) is 5.90. The Labute approximate surface area is 145 Å². The van der Waals surface area contributed by atoms with E-state index in [4.69, 9.17) is 11.6 Å². The molecule has 134 valence electrons. The fraction of sp³-hybridized carbons (Fsp3) is 0.250. The maximum Gasteiger partial charge on any atom is 0.387 e. The molecule has 0 aliphatic rings. The van der Waals surface area contributed by atoms with Crippen LogP contribution in [-0.2, 0) is 6.42 Å². The van der Waals surface area contributed by atoms with Gasteiger partial charge in [-0.25, -0.2) is 4.98 Å². The Balaban J connectivity index is 2.11. The molecule has 2 aromatic rings. The Hall–Kier alpha value is -2.35. The minimum Gasteiger partial charge on any atom is -0.431 e. The summed E-state index contributed by atoms with van der Waals surface area (Å²) in [4.78, 5) is 16.1. The first-order valence-corrected chi connectivity index (χ1v) is 7.40. The lowest BCUT2D eigenvalue weighted by molar-refractivity contribution is -0.0692. The number of rotatable bonds is 8. The molecule has 0 amide bonds. The number of ether oxygens (including phenoxy) is 2. The quantitative estimate of drug-likeness (QED) is 0.378. The lowest BCUT2D eigenvalue weighted by Crippen LogP contribution is -2.09. The summed E-state index contributed by atoms with van der Waals surface area (Å²) in [6.45, 7) is -6.45. The minimum atomic E-state index is -3.24. The van der Waals surface area contributed by atoms with Gasteiger partial charge in [-0.05, 0) is 36.2 Å². The maximum atomic E-state index is 12.4. The summed E-state index contributed by atoms with van der Waals surface area (Å²) < 4.78 is 57.6. The van der Waals surface area contributed by atoms with Gasteiger partial charge in [0.2, 0.25) is 0 Å². The second-order valence-corrected chi connectivity index (χ2v) is 5.22. The average molecular weight is 378 g/mol. The number of hydrogen-bond acceptors (Lipinski definition) is 4. The number of alkyl halides is 4. The maximum absolute atomic E-state index is 12.4. The molecule has 0 saturated heterocycles. The highest BCUT2D eigenvalue weighted by Gasteiger charge is 2.17. The van der Waals surface area contributed by atoms with Gasteiger partial charge < -0.3 is 9.47 Å². The van der Waals surface area contributed by atoms with E-state index in [1.807, 2.05) is 0 Å². The molecule has 0 unspecified atom stereocenters. The van der Waals surface area contributed by atoms with Crippen molar-refractivity contribution in [2.24, 2.45) is 0 Å². The van der Waals surface area contributed by atoms with Crippen LogP contribution in [0, 0.1) is 0 Å². The molecule has 25 heavy (non-hydrogen) atoms. The number of pyridine rings is 1. The first kappa shape index (κ1) is 19.0. The Morgan fingerprint density at radius 1 is 1.04 bits per heavy atom. The van der Waals surface area contributed by atoms with Crippen LogP contribution in [0.25, 0.3) is 0 Å². The molecule has 0 aliphatic heterocycles. The van der Waals surface area contributed by atoms with E-state index in [0.717, 1.165) is 17.7 Å². The van der Waals surface area contributed by atoms with Crippen molar-refractivity contribution >= 4 is 17.4 Å². The van der Waals surface area contributed by atoms with Gasteiger partial charge in [0.05, 0.1) is 0 Å². The van der Waals surface area contributed by atoms with Gasteiger partial charge in [-0.2, -0.15) is 17.6 Å². The highest BCUT2D eigenvalue weighted by molar-refractivity contribution is 6.29. The van der Waals surface area contributed by atoms with Crippen molar-refractivity contribution < 1.29 is 31.8 Å². The molecular weight excluding hydrogens is 366 g/mol. The van der Waals surface area contributed by atoms with Gasteiger partial charge in [0.15, 0.2) is 17.3 Å². The SMILES string of the molecule is O=C(CCc1ccc(Cl)nc1)c1ccc(OC(F)F)c(OC(F)F)c1. The number of halogens is 5. The highest BCUT2D eigenvalue weighted by atomic mass is 35.5. The van der Waals surface area contributed by atoms with Gasteiger partial charge in [0.1, 0.15) is 5.15 Å². The van der Waals surface area contributed by atoms with E-state index < -0.39 is 24.7 Å². The van der Waals surface area contributed by atoms with Crippen molar-refractivity contribution in [3.05, 3.63) is 52.8 Å². The summed E-state index contributed by atoms with van der Waals surface area (Å²) in [6.07, 6.45) is 1.93. The van der Waals surface area contributed by atoms with Crippen molar-refractivity contribution in [3.63, 3.8) is 0 Å². The van der Waals surface area contributed by atoms with Crippen molar-refractivity contribution in [1.29, 1.82) is 0 Å². The van der Waals surface area contributed by atoms with Crippen LogP contribution >= 0.6 is 11.6 Å². The van der Waals surface area contributed by atoms with Crippen LogP contribution in [0.5, 0.6) is 11.5 Å². The van der Waals surface area contributed by atoms with Crippen molar-refractivity contribution in [1.82, 2.24) is 4.98 Å². The molecule has 1 aromatic carbocycles. The molecule has 0 N–H and O–H groups in total. The minimum absolute atomic E-state index is 0.0409. The van der Waals surface area contributed by atoms with Gasteiger partial charge in [0.25, 0.3) is 0 Å². The van der Waals surface area contributed by atoms with Crippen molar-refractivity contribution in [2.45, 2.75) is 26.1 Å². The zero-order chi connectivity index (χ0) is 18.4. The Bertz CT molecular complexity index is 726. The largest absolute Gasteiger partial charge is 0.431 e. The molecule has 9 heteroatoms. The first-order valence-electron chi connectivity index (χ1n) is 7.02. The van der Waals surface area contributed by atoms with E-state index in [0.29, 0.717) is 11.6 Å². The van der Waals surface area contributed by atoms with Gasteiger partial charge in [-0.1, -0.05) is 17.7 Å². The van der Waals surface area contributed by atoms with E-state index in [1.54, 1.807) is 12.1 Å². The van der Waals surface area contributed by atoms with Crippen LogP contribution in [0.3, 0.4) is 0 Å². The third-order valence-electron chi connectivity index (χ3n) is 3.13. The van der Waals surface area contributed by atoms with Gasteiger partial charge >= 0.3 is 13.2 Å². The van der Waals surface area contributed by atoms with Crippen LogP contribution in [0.4, 0.5) is 17.6 Å². The topological polar surface area (TPSA) is 48.4 Å². The van der Waals surface area contributed by atoms with Crippen molar-refractivity contribution in [3.8, 4) is 11.5 Å². The molecule has 0 fully saturated rings. The number of nitrogens with zero attached hydrogens (tertiary/aromatic N) is 1. The van der Waals surface area contributed by atoms with E-state index in [2.05, 4.69) is 14.5 Å². The summed E-state index contributed by atoms with van der Waals surface area (Å²) in [7, 11) is 0. The predicted octanol–water partition coefficient (Wildman–Crippen LogP) is 4.75. The number of benzene rings is 1. The van der Waals surface area contributed by atoms with E-state index in [9.17, 15) is 22.4 Å². The normalized spacial score (nSPS) is 11.0. The molecule has 2 rings (SSSR count). The lowest BCUT2D eigenvalue weighted by atomic mass is 10.0. The van der Waals surface area contributed by atoms with E-state index in [1.165, 1.54) is 12.3 Å². The fourth-order valence-corrected chi connectivity index (χ4v) is 2.13. The molecule has 0 saturated carbocycles. The van der Waals surface area contributed by atoms with Crippen LogP contribution in [0.1, 0.15) is 22.3 Å². The summed E-state index contributed by atoms with van der Waals surface area (Å²) in [5, 5.41) is 0.318. The number of aromatic nitrogens is 1. The molecule has 0 bridgehead atoms. The zero-order valence-corrected chi connectivity index (χ0v) is 13.4. The second-order valence-electron chi connectivity index (χ2n) is 4.83.